The second kappa shape index (κ2) is 12.9. The first-order chi connectivity index (χ1) is 20.7. The van der Waals surface area contributed by atoms with E-state index in [1.54, 1.807) is 3.28 Å². The van der Waals surface area contributed by atoms with Crippen LogP contribution in [0.4, 0.5) is 0 Å². The van der Waals surface area contributed by atoms with Crippen LogP contribution in [0.1, 0.15) is 32.3 Å². The third kappa shape index (κ3) is 5.18. The van der Waals surface area contributed by atoms with Gasteiger partial charge < -0.3 is 24.8 Å². The number of fused-ring (bicyclic) bond motifs is 8. The molecule has 6 aromatic rings. The standard InChI is InChI=1S/C21H13.C13H8Cl2.C5H5.2ClH.Zr/c1-2-8-15-14(7-1)13-20-18-11-4-3-9-16(18)17-10-5-6-12-19(17)21(15)20;14-12-5-1-3-10(8-12)7-11-4-2-6-13(15)9-11;1-2-4-5-3-1;;;/h1-13H;1-6,8-9H;1-3H,4H2;2*1H;/q;;;;;+2/p-2. The summed E-state index contributed by atoms with van der Waals surface area (Å²) >= 11 is 10.5. The topological polar surface area (TPSA) is 0 Å². The molecule has 1 unspecified atom stereocenters. The van der Waals surface area contributed by atoms with Crippen molar-refractivity contribution in [3.05, 3.63) is 175 Å². The maximum absolute atomic E-state index is 6.69. The summed E-state index contributed by atoms with van der Waals surface area (Å²) in [7, 11) is 0. The third-order valence-corrected chi connectivity index (χ3v) is 17.4. The van der Waals surface area contributed by atoms with Crippen LogP contribution in [0.2, 0.25) is 10.0 Å². The maximum Gasteiger partial charge on any atom is -1.00 e. The van der Waals surface area contributed by atoms with Crippen LogP contribution in [-0.4, -0.2) is 3.21 Å². The van der Waals surface area contributed by atoms with Gasteiger partial charge in [0.2, 0.25) is 0 Å². The molecule has 0 bridgehead atoms. The Labute approximate surface area is 288 Å². The molecule has 44 heavy (non-hydrogen) atoms. The van der Waals surface area contributed by atoms with Crippen LogP contribution in [0.5, 0.6) is 0 Å². The van der Waals surface area contributed by atoms with Crippen molar-refractivity contribution in [2.24, 2.45) is 0 Å². The van der Waals surface area contributed by atoms with Crippen molar-refractivity contribution in [1.82, 2.24) is 0 Å². The fraction of sp³-hybridized carbons (Fsp3) is 0.0513. The molecule has 0 nitrogen and oxygen atoms in total. The van der Waals surface area contributed by atoms with E-state index in [0.717, 1.165) is 16.5 Å². The molecule has 0 N–H and O–H groups in total. The van der Waals surface area contributed by atoms with E-state index in [2.05, 4.69) is 127 Å². The second-order valence-corrected chi connectivity index (χ2v) is 18.2. The molecule has 0 fully saturated rings. The molecule has 2 aliphatic carbocycles. The molecule has 1 atom stereocenters. The minimum absolute atomic E-state index is 0. The Morgan fingerprint density at radius 3 is 1.80 bits per heavy atom. The van der Waals surface area contributed by atoms with Gasteiger partial charge in [-0.2, -0.15) is 0 Å². The van der Waals surface area contributed by atoms with Crippen LogP contribution < -0.4 is 24.8 Å². The number of rotatable bonds is 4. The van der Waals surface area contributed by atoms with Crippen LogP contribution in [0.15, 0.2) is 143 Å². The summed E-state index contributed by atoms with van der Waals surface area (Å²) < 4.78 is 3.34. The van der Waals surface area contributed by atoms with Crippen molar-refractivity contribution < 1.29 is 46.1 Å². The Hall–Kier alpha value is -2.77. The van der Waals surface area contributed by atoms with Crippen LogP contribution in [0, 0.1) is 0 Å². The number of benzene rings is 6. The van der Waals surface area contributed by atoms with Gasteiger partial charge in [-0.15, -0.1) is 0 Å². The van der Waals surface area contributed by atoms with Crippen LogP contribution in [0.25, 0.3) is 32.7 Å². The largest absolute Gasteiger partial charge is 1.00 e. The van der Waals surface area contributed by atoms with Crippen molar-refractivity contribution in [2.45, 2.75) is 10.0 Å². The van der Waals surface area contributed by atoms with Crippen molar-refractivity contribution in [3.8, 4) is 11.1 Å². The van der Waals surface area contributed by atoms with Crippen molar-refractivity contribution >= 4 is 48.0 Å². The second-order valence-electron chi connectivity index (χ2n) is 11.0. The predicted octanol–water partition coefficient (Wildman–Crippen LogP) is 5.11. The van der Waals surface area contributed by atoms with Gasteiger partial charge in [0.05, 0.1) is 0 Å². The van der Waals surface area contributed by atoms with E-state index < -0.39 is 21.3 Å². The Kier molecular flexibility index (Phi) is 9.17. The first-order valence-electron chi connectivity index (χ1n) is 14.3. The molecule has 214 valence electrons. The molecular weight excluding hydrogens is 701 g/mol. The van der Waals surface area contributed by atoms with Gasteiger partial charge in [0, 0.05) is 0 Å². The molecule has 0 saturated carbocycles. The monoisotopic (exact) mass is 724 g/mol. The van der Waals surface area contributed by atoms with Crippen LogP contribution >= 0.6 is 23.2 Å². The van der Waals surface area contributed by atoms with Gasteiger partial charge in [0.15, 0.2) is 0 Å². The number of halogens is 4. The number of hydrogen-bond acceptors (Lipinski definition) is 0. The van der Waals surface area contributed by atoms with E-state index in [1.165, 1.54) is 58.1 Å². The van der Waals surface area contributed by atoms with Crippen molar-refractivity contribution in [3.63, 3.8) is 0 Å². The summed E-state index contributed by atoms with van der Waals surface area (Å²) in [4.78, 5) is 0. The molecule has 5 heteroatoms. The number of allylic oxidation sites excluding steroid dienone is 4. The Balaban J connectivity index is 0.00000171. The molecule has 0 radical (unpaired) electrons. The Morgan fingerprint density at radius 1 is 0.614 bits per heavy atom. The SMILES string of the molecule is Clc1cccc([C](c2cccc(Cl)c2)=[Zr+2]([C]2=CC=CC2)[CH]2c3ccccc3-c3c2c2ccccc2c2ccccc32)c1.[Cl-].[Cl-]. The fourth-order valence-electron chi connectivity index (χ4n) is 7.09. The molecule has 0 aromatic heterocycles. The Morgan fingerprint density at radius 2 is 1.18 bits per heavy atom. The summed E-state index contributed by atoms with van der Waals surface area (Å²) in [5.41, 5.74) is 8.16. The molecule has 0 spiro atoms. The quantitative estimate of drug-likeness (QED) is 0.222. The predicted molar refractivity (Wildman–Crippen MR) is 177 cm³/mol. The fourth-order valence-corrected chi connectivity index (χ4v) is 16.5. The van der Waals surface area contributed by atoms with Crippen molar-refractivity contribution in [2.75, 3.05) is 0 Å². The van der Waals surface area contributed by atoms with Gasteiger partial charge in [-0.05, 0) is 0 Å². The zero-order valence-corrected chi connectivity index (χ0v) is 29.1. The van der Waals surface area contributed by atoms with Gasteiger partial charge in [0.25, 0.3) is 0 Å². The molecule has 0 saturated heterocycles. The van der Waals surface area contributed by atoms with Gasteiger partial charge >= 0.3 is 266 Å². The van der Waals surface area contributed by atoms with Crippen LogP contribution in [0.3, 0.4) is 0 Å². The third-order valence-electron chi connectivity index (χ3n) is 8.70. The van der Waals surface area contributed by atoms with E-state index in [4.69, 9.17) is 23.2 Å². The molecule has 0 amide bonds. The average Bonchev–Trinajstić information content (AvgIpc) is 3.67. The van der Waals surface area contributed by atoms with Gasteiger partial charge in [-0.1, -0.05) is 0 Å². The van der Waals surface area contributed by atoms with Gasteiger partial charge in [-0.3, -0.25) is 0 Å². The summed E-state index contributed by atoms with van der Waals surface area (Å²) in [5, 5.41) is 6.89. The zero-order valence-electron chi connectivity index (χ0n) is 23.6. The Bertz CT molecular complexity index is 2110. The molecule has 6 aromatic carbocycles. The van der Waals surface area contributed by atoms with Crippen LogP contribution in [-0.2, 0) is 21.3 Å². The molecule has 2 aliphatic rings. The van der Waals surface area contributed by atoms with E-state index in [1.807, 2.05) is 12.1 Å². The van der Waals surface area contributed by atoms with Gasteiger partial charge in [-0.25, -0.2) is 0 Å². The normalized spacial score (nSPS) is 14.2. The molecular formula is C39H26Cl4Zr. The minimum Gasteiger partial charge on any atom is -1.00 e. The van der Waals surface area contributed by atoms with E-state index >= 15 is 0 Å². The molecule has 8 rings (SSSR count). The zero-order chi connectivity index (χ0) is 28.2. The van der Waals surface area contributed by atoms with E-state index in [0.29, 0.717) is 3.63 Å². The van der Waals surface area contributed by atoms with Gasteiger partial charge in [0.1, 0.15) is 0 Å². The summed E-state index contributed by atoms with van der Waals surface area (Å²) in [6.45, 7) is 0. The van der Waals surface area contributed by atoms with E-state index in [-0.39, 0.29) is 24.8 Å². The average molecular weight is 728 g/mol. The summed E-state index contributed by atoms with van der Waals surface area (Å²) in [5.74, 6) is 0. The molecule has 0 aliphatic heterocycles. The number of hydrogen-bond donors (Lipinski definition) is 0. The minimum atomic E-state index is -2.87. The molecule has 0 heterocycles. The van der Waals surface area contributed by atoms with Crippen molar-refractivity contribution in [1.29, 1.82) is 0 Å². The maximum atomic E-state index is 6.69. The first-order valence-corrected chi connectivity index (χ1v) is 19.0. The summed E-state index contributed by atoms with van der Waals surface area (Å²) in [6, 6.07) is 44.1. The first kappa shape index (κ1) is 31.2. The van der Waals surface area contributed by atoms with E-state index in [9.17, 15) is 0 Å². The smallest absolute Gasteiger partial charge is 1.00 e. The summed E-state index contributed by atoms with van der Waals surface area (Å²) in [6.07, 6.45) is 7.99.